The van der Waals surface area contributed by atoms with Gasteiger partial charge in [-0.2, -0.15) is 5.10 Å². The van der Waals surface area contributed by atoms with Gasteiger partial charge in [-0.05, 0) is 32.0 Å². The third kappa shape index (κ3) is 5.07. The van der Waals surface area contributed by atoms with Crippen molar-refractivity contribution in [2.75, 3.05) is 40.3 Å². The van der Waals surface area contributed by atoms with Crippen molar-refractivity contribution in [1.29, 1.82) is 0 Å². The van der Waals surface area contributed by atoms with Gasteiger partial charge in [0.15, 0.2) is 0 Å². The van der Waals surface area contributed by atoms with Crippen LogP contribution in [0.5, 0.6) is 0 Å². The van der Waals surface area contributed by atoms with Crippen LogP contribution >= 0.6 is 0 Å². The average molecular weight is 377 g/mol. The van der Waals surface area contributed by atoms with Gasteiger partial charge in [-0.15, -0.1) is 0 Å². The van der Waals surface area contributed by atoms with Crippen LogP contribution in [0, 0.1) is 0 Å². The largest absolute Gasteiger partial charge is 0.386 e. The lowest BCUT2D eigenvalue weighted by molar-refractivity contribution is -0.134. The minimum absolute atomic E-state index is 0.0149. The molecule has 2 amide bonds. The van der Waals surface area contributed by atoms with Gasteiger partial charge in [-0.25, -0.2) is 0 Å². The second-order valence-corrected chi connectivity index (χ2v) is 7.80. The summed E-state index contributed by atoms with van der Waals surface area (Å²) < 4.78 is 1.84. The second-order valence-electron chi connectivity index (χ2n) is 7.80. The second kappa shape index (κ2) is 8.84. The van der Waals surface area contributed by atoms with E-state index in [1.807, 2.05) is 15.6 Å². The van der Waals surface area contributed by atoms with E-state index in [0.29, 0.717) is 31.9 Å². The molecule has 3 rings (SSSR count). The van der Waals surface area contributed by atoms with Gasteiger partial charge in [0.1, 0.15) is 6.10 Å². The summed E-state index contributed by atoms with van der Waals surface area (Å²) in [4.78, 5) is 30.1. The quantitative estimate of drug-likeness (QED) is 0.813. The minimum atomic E-state index is -0.917. The van der Waals surface area contributed by atoms with E-state index in [9.17, 15) is 14.7 Å². The molecule has 0 saturated carbocycles. The van der Waals surface area contributed by atoms with Crippen molar-refractivity contribution >= 4 is 11.8 Å². The Hall–Kier alpha value is -1.93. The molecule has 1 fully saturated rings. The first kappa shape index (κ1) is 19.8. The van der Waals surface area contributed by atoms with E-state index in [0.717, 1.165) is 18.8 Å². The molecule has 8 nitrogen and oxygen atoms in total. The van der Waals surface area contributed by atoms with Crippen molar-refractivity contribution in [3.05, 3.63) is 17.5 Å². The first-order valence-corrected chi connectivity index (χ1v) is 9.89. The normalized spacial score (nSPS) is 19.3. The topological polar surface area (TPSA) is 81.9 Å². The summed E-state index contributed by atoms with van der Waals surface area (Å²) in [7, 11) is 3.34. The Morgan fingerprint density at radius 3 is 2.52 bits per heavy atom. The van der Waals surface area contributed by atoms with Gasteiger partial charge < -0.3 is 14.9 Å². The standard InChI is InChI=1S/C19H31N5O3/c1-21(2)18(26)12-17(25)16-11-15-13-23(9-10-24(15)20-16)19(27)14-22-7-5-3-4-6-8-22/h11,17,25H,3-10,12-14H2,1-2H3. The molecule has 2 aliphatic heterocycles. The molecule has 0 aromatic carbocycles. The highest BCUT2D eigenvalue weighted by molar-refractivity contribution is 5.78. The molecule has 1 aromatic rings. The Bertz CT molecular complexity index is 664. The zero-order valence-corrected chi connectivity index (χ0v) is 16.4. The molecule has 2 aliphatic rings. The van der Waals surface area contributed by atoms with E-state index in [1.54, 1.807) is 14.1 Å². The SMILES string of the molecule is CN(C)C(=O)CC(O)c1cc2n(n1)CCN(C(=O)CN1CCCCCC1)C2. The minimum Gasteiger partial charge on any atom is -0.386 e. The molecule has 1 unspecified atom stereocenters. The number of carbonyl (C=O) groups excluding carboxylic acids is 2. The molecule has 0 aliphatic carbocycles. The fraction of sp³-hybridized carbons (Fsp3) is 0.737. The summed E-state index contributed by atoms with van der Waals surface area (Å²) in [5.41, 5.74) is 1.42. The van der Waals surface area contributed by atoms with Crippen molar-refractivity contribution < 1.29 is 14.7 Å². The fourth-order valence-electron chi connectivity index (χ4n) is 3.70. The Kier molecular flexibility index (Phi) is 6.49. The predicted octanol–water partition coefficient (Wildman–Crippen LogP) is 0.613. The van der Waals surface area contributed by atoms with Crippen molar-refractivity contribution in [3.63, 3.8) is 0 Å². The molecule has 1 aromatic heterocycles. The smallest absolute Gasteiger partial charge is 0.237 e. The summed E-state index contributed by atoms with van der Waals surface area (Å²) >= 11 is 0. The summed E-state index contributed by atoms with van der Waals surface area (Å²) in [6.07, 6.45) is 3.96. The number of rotatable bonds is 5. The molecular weight excluding hydrogens is 346 g/mol. The molecular formula is C19H31N5O3. The maximum atomic E-state index is 12.7. The number of fused-ring (bicyclic) bond motifs is 1. The van der Waals surface area contributed by atoms with Gasteiger partial charge >= 0.3 is 0 Å². The van der Waals surface area contributed by atoms with Crippen LogP contribution in [0.2, 0.25) is 0 Å². The number of aliphatic hydroxyl groups is 1. The molecule has 3 heterocycles. The van der Waals surface area contributed by atoms with E-state index in [-0.39, 0.29) is 18.2 Å². The van der Waals surface area contributed by atoms with E-state index in [2.05, 4.69) is 10.00 Å². The van der Waals surface area contributed by atoms with Crippen LogP contribution < -0.4 is 0 Å². The van der Waals surface area contributed by atoms with Gasteiger partial charge in [-0.3, -0.25) is 19.2 Å². The van der Waals surface area contributed by atoms with Crippen molar-refractivity contribution in [2.24, 2.45) is 0 Å². The molecule has 27 heavy (non-hydrogen) atoms. The van der Waals surface area contributed by atoms with E-state index < -0.39 is 6.10 Å². The highest BCUT2D eigenvalue weighted by atomic mass is 16.3. The Balaban J connectivity index is 1.58. The number of aromatic nitrogens is 2. The van der Waals surface area contributed by atoms with Crippen molar-refractivity contribution in [1.82, 2.24) is 24.5 Å². The lowest BCUT2D eigenvalue weighted by Crippen LogP contribution is -2.44. The number of aliphatic hydroxyl groups excluding tert-OH is 1. The van der Waals surface area contributed by atoms with Gasteiger partial charge in [0.05, 0.1) is 37.4 Å². The monoisotopic (exact) mass is 377 g/mol. The number of likely N-dealkylation sites (tertiary alicyclic amines) is 1. The predicted molar refractivity (Wildman–Crippen MR) is 101 cm³/mol. The van der Waals surface area contributed by atoms with Crippen LogP contribution in [0.4, 0.5) is 0 Å². The van der Waals surface area contributed by atoms with Crippen LogP contribution in [-0.2, 0) is 22.7 Å². The molecule has 150 valence electrons. The van der Waals surface area contributed by atoms with Crippen LogP contribution in [0.15, 0.2) is 6.07 Å². The van der Waals surface area contributed by atoms with Crippen LogP contribution in [0.3, 0.4) is 0 Å². The van der Waals surface area contributed by atoms with Crippen LogP contribution in [0.1, 0.15) is 49.6 Å². The Labute approximate surface area is 160 Å². The van der Waals surface area contributed by atoms with Gasteiger partial charge in [0.25, 0.3) is 0 Å². The zero-order valence-electron chi connectivity index (χ0n) is 16.4. The molecule has 1 saturated heterocycles. The van der Waals surface area contributed by atoms with E-state index in [1.165, 1.54) is 30.6 Å². The summed E-state index contributed by atoms with van der Waals surface area (Å²) in [6.45, 7) is 4.26. The zero-order chi connectivity index (χ0) is 19.4. The summed E-state index contributed by atoms with van der Waals surface area (Å²) in [5, 5.41) is 14.7. The Morgan fingerprint density at radius 1 is 1.15 bits per heavy atom. The molecule has 1 atom stereocenters. The van der Waals surface area contributed by atoms with E-state index in [4.69, 9.17) is 0 Å². The maximum absolute atomic E-state index is 12.7. The summed E-state index contributed by atoms with van der Waals surface area (Å²) in [5.74, 6) is 0.0250. The number of carbonyl (C=O) groups is 2. The van der Waals surface area contributed by atoms with Crippen LogP contribution in [-0.4, -0.2) is 81.7 Å². The number of hydrogen-bond acceptors (Lipinski definition) is 5. The first-order valence-electron chi connectivity index (χ1n) is 9.89. The average Bonchev–Trinajstić information content (AvgIpc) is 2.91. The Morgan fingerprint density at radius 2 is 1.85 bits per heavy atom. The van der Waals surface area contributed by atoms with Gasteiger partial charge in [-0.1, -0.05) is 12.8 Å². The molecule has 0 radical (unpaired) electrons. The van der Waals surface area contributed by atoms with Crippen molar-refractivity contribution in [2.45, 2.75) is 51.3 Å². The lowest BCUT2D eigenvalue weighted by Gasteiger charge is -2.30. The van der Waals surface area contributed by atoms with Crippen molar-refractivity contribution in [3.8, 4) is 0 Å². The molecule has 0 bridgehead atoms. The summed E-state index contributed by atoms with van der Waals surface area (Å²) in [6, 6.07) is 1.82. The first-order chi connectivity index (χ1) is 12.9. The van der Waals surface area contributed by atoms with Crippen LogP contribution in [0.25, 0.3) is 0 Å². The number of nitrogens with zero attached hydrogens (tertiary/aromatic N) is 5. The van der Waals surface area contributed by atoms with Gasteiger partial charge in [0, 0.05) is 20.6 Å². The molecule has 8 heteroatoms. The molecule has 1 N–H and O–H groups in total. The third-order valence-corrected chi connectivity index (χ3v) is 5.44. The third-order valence-electron chi connectivity index (χ3n) is 5.44. The maximum Gasteiger partial charge on any atom is 0.237 e. The fourth-order valence-corrected chi connectivity index (χ4v) is 3.70. The highest BCUT2D eigenvalue weighted by Gasteiger charge is 2.26. The lowest BCUT2D eigenvalue weighted by atomic mass is 10.1. The highest BCUT2D eigenvalue weighted by Crippen LogP contribution is 2.21. The number of amides is 2. The molecule has 0 spiro atoms. The van der Waals surface area contributed by atoms with E-state index >= 15 is 0 Å². The van der Waals surface area contributed by atoms with Gasteiger partial charge in [0.2, 0.25) is 11.8 Å². The number of hydrogen-bond donors (Lipinski definition) is 1.